The fraction of sp³-hybridized carbons (Fsp3) is 0.0833. The van der Waals surface area contributed by atoms with E-state index in [9.17, 15) is 4.79 Å². The van der Waals surface area contributed by atoms with Gasteiger partial charge in [0.1, 0.15) is 0 Å². The van der Waals surface area contributed by atoms with Crippen molar-refractivity contribution in [2.24, 2.45) is 0 Å². The zero-order chi connectivity index (χ0) is 10.7. The number of halogens is 1. The smallest absolute Gasteiger partial charge is 0.177 e. The van der Waals surface area contributed by atoms with Crippen LogP contribution in [0.2, 0.25) is 0 Å². The van der Waals surface area contributed by atoms with Gasteiger partial charge in [-0.05, 0) is 17.0 Å². The molecule has 2 aromatic rings. The Labute approximate surface area is 97.3 Å². The summed E-state index contributed by atoms with van der Waals surface area (Å²) in [5.41, 5.74) is 1.81. The quantitative estimate of drug-likeness (QED) is 0.585. The monoisotopic (exact) mass is 236 g/mol. The summed E-state index contributed by atoms with van der Waals surface area (Å²) >= 11 is 7.16. The highest BCUT2D eigenvalue weighted by molar-refractivity contribution is 7.13. The van der Waals surface area contributed by atoms with E-state index in [2.05, 4.69) is 6.07 Å². The predicted octanol–water partition coefficient (Wildman–Crippen LogP) is 3.84. The Kier molecular flexibility index (Phi) is 3.19. The zero-order valence-electron chi connectivity index (χ0n) is 7.94. The van der Waals surface area contributed by atoms with Crippen LogP contribution in [-0.4, -0.2) is 11.7 Å². The molecule has 0 aliphatic heterocycles. The van der Waals surface area contributed by atoms with Crippen LogP contribution in [0.15, 0.2) is 41.8 Å². The molecular weight excluding hydrogens is 228 g/mol. The Balaban J connectivity index is 2.29. The maximum atomic E-state index is 11.3. The number of thiophene rings is 1. The second kappa shape index (κ2) is 4.60. The van der Waals surface area contributed by atoms with E-state index in [1.54, 1.807) is 11.3 Å². The highest BCUT2D eigenvalue weighted by Crippen LogP contribution is 2.24. The average molecular weight is 237 g/mol. The second-order valence-corrected chi connectivity index (χ2v) is 4.33. The molecule has 0 saturated heterocycles. The van der Waals surface area contributed by atoms with Crippen LogP contribution in [0.4, 0.5) is 0 Å². The summed E-state index contributed by atoms with van der Waals surface area (Å²) in [6, 6.07) is 11.6. The lowest BCUT2D eigenvalue weighted by atomic mass is 10.1. The molecule has 0 N–H and O–H groups in total. The lowest BCUT2D eigenvalue weighted by Gasteiger charge is -1.99. The molecule has 0 fully saturated rings. The molecule has 1 aromatic carbocycles. The largest absolute Gasteiger partial charge is 0.293 e. The van der Waals surface area contributed by atoms with E-state index in [0.717, 1.165) is 5.56 Å². The van der Waals surface area contributed by atoms with Crippen LogP contribution in [0.3, 0.4) is 0 Å². The third-order valence-corrected chi connectivity index (χ3v) is 3.30. The minimum Gasteiger partial charge on any atom is -0.293 e. The highest BCUT2D eigenvalue weighted by Gasteiger charge is 2.04. The van der Waals surface area contributed by atoms with Gasteiger partial charge in [0, 0.05) is 10.4 Å². The topological polar surface area (TPSA) is 17.1 Å². The fourth-order valence-electron chi connectivity index (χ4n) is 1.34. The Morgan fingerprint density at radius 3 is 2.47 bits per heavy atom. The maximum absolute atomic E-state index is 11.3. The summed E-state index contributed by atoms with van der Waals surface area (Å²) < 4.78 is 0. The molecule has 76 valence electrons. The summed E-state index contributed by atoms with van der Waals surface area (Å²) in [5.74, 6) is 0.00706. The molecule has 0 spiro atoms. The molecule has 0 bridgehead atoms. The van der Waals surface area contributed by atoms with Crippen molar-refractivity contribution in [1.29, 1.82) is 0 Å². The van der Waals surface area contributed by atoms with Gasteiger partial charge >= 0.3 is 0 Å². The van der Waals surface area contributed by atoms with Crippen molar-refractivity contribution in [1.82, 2.24) is 0 Å². The number of alkyl halides is 1. The Morgan fingerprint density at radius 1 is 1.20 bits per heavy atom. The highest BCUT2D eigenvalue weighted by atomic mass is 35.5. The number of Topliss-reactive ketones (excluding diaryl/α,β-unsaturated/α-hetero) is 1. The molecule has 0 aliphatic carbocycles. The minimum absolute atomic E-state index is 0.0330. The molecule has 2 rings (SSSR count). The first-order chi connectivity index (χ1) is 7.31. The molecule has 15 heavy (non-hydrogen) atoms. The van der Waals surface area contributed by atoms with Crippen molar-refractivity contribution in [3.8, 4) is 10.4 Å². The van der Waals surface area contributed by atoms with Gasteiger partial charge in [-0.1, -0.05) is 30.3 Å². The van der Waals surface area contributed by atoms with E-state index in [4.69, 9.17) is 11.6 Å². The molecular formula is C12H9ClOS. The van der Waals surface area contributed by atoms with E-state index < -0.39 is 0 Å². The SMILES string of the molecule is O=C(CCl)c1ccc(-c2cccs2)cc1. The third kappa shape index (κ3) is 2.28. The predicted molar refractivity (Wildman–Crippen MR) is 64.8 cm³/mol. The Hall–Kier alpha value is -1.12. The molecule has 0 saturated carbocycles. The van der Waals surface area contributed by atoms with Crippen LogP contribution in [0.5, 0.6) is 0 Å². The van der Waals surface area contributed by atoms with Gasteiger partial charge in [-0.25, -0.2) is 0 Å². The summed E-state index contributed by atoms with van der Waals surface area (Å²) in [6.07, 6.45) is 0. The number of ketones is 1. The molecule has 0 unspecified atom stereocenters. The molecule has 0 amide bonds. The van der Waals surface area contributed by atoms with Crippen LogP contribution >= 0.6 is 22.9 Å². The van der Waals surface area contributed by atoms with Gasteiger partial charge in [-0.2, -0.15) is 0 Å². The lowest BCUT2D eigenvalue weighted by molar-refractivity contribution is 0.102. The summed E-state index contributed by atoms with van der Waals surface area (Å²) in [5, 5.41) is 2.03. The summed E-state index contributed by atoms with van der Waals surface area (Å²) in [7, 11) is 0. The van der Waals surface area contributed by atoms with E-state index in [0.29, 0.717) is 5.56 Å². The molecule has 1 aromatic heterocycles. The van der Waals surface area contributed by atoms with Gasteiger partial charge in [-0.3, -0.25) is 4.79 Å². The van der Waals surface area contributed by atoms with Crippen LogP contribution in [-0.2, 0) is 0 Å². The van der Waals surface area contributed by atoms with Gasteiger partial charge in [0.15, 0.2) is 5.78 Å². The number of rotatable bonds is 3. The number of carbonyl (C=O) groups excluding carboxylic acids is 1. The standard InChI is InChI=1S/C12H9ClOS/c13-8-11(14)9-3-5-10(6-4-9)12-2-1-7-15-12/h1-7H,8H2. The van der Waals surface area contributed by atoms with E-state index in [-0.39, 0.29) is 11.7 Å². The first kappa shape index (κ1) is 10.4. The van der Waals surface area contributed by atoms with Crippen molar-refractivity contribution in [3.05, 3.63) is 47.3 Å². The second-order valence-electron chi connectivity index (χ2n) is 3.11. The average Bonchev–Trinajstić information content (AvgIpc) is 2.82. The van der Waals surface area contributed by atoms with Gasteiger partial charge in [-0.15, -0.1) is 22.9 Å². The van der Waals surface area contributed by atoms with Crippen LogP contribution < -0.4 is 0 Å². The van der Waals surface area contributed by atoms with Crippen molar-refractivity contribution >= 4 is 28.7 Å². The lowest BCUT2D eigenvalue weighted by Crippen LogP contribution is -1.99. The summed E-state index contributed by atoms with van der Waals surface area (Å²) in [4.78, 5) is 12.5. The van der Waals surface area contributed by atoms with Crippen molar-refractivity contribution in [2.45, 2.75) is 0 Å². The molecule has 3 heteroatoms. The number of carbonyl (C=O) groups is 1. The van der Waals surface area contributed by atoms with E-state index >= 15 is 0 Å². The Morgan fingerprint density at radius 2 is 1.93 bits per heavy atom. The van der Waals surface area contributed by atoms with Crippen LogP contribution in [0.1, 0.15) is 10.4 Å². The molecule has 0 aliphatic rings. The van der Waals surface area contributed by atoms with Crippen molar-refractivity contribution < 1.29 is 4.79 Å². The molecule has 1 nitrogen and oxygen atoms in total. The fourth-order valence-corrected chi connectivity index (χ4v) is 2.23. The third-order valence-electron chi connectivity index (χ3n) is 2.13. The first-order valence-electron chi connectivity index (χ1n) is 4.54. The maximum Gasteiger partial charge on any atom is 0.177 e. The van der Waals surface area contributed by atoms with Gasteiger partial charge in [0.05, 0.1) is 5.88 Å². The van der Waals surface area contributed by atoms with Gasteiger partial charge in [0.25, 0.3) is 0 Å². The van der Waals surface area contributed by atoms with E-state index in [1.165, 1.54) is 4.88 Å². The normalized spacial score (nSPS) is 10.2. The van der Waals surface area contributed by atoms with Crippen molar-refractivity contribution in [2.75, 3.05) is 5.88 Å². The number of benzene rings is 1. The number of hydrogen-bond acceptors (Lipinski definition) is 2. The Bertz CT molecular complexity index is 445. The first-order valence-corrected chi connectivity index (χ1v) is 5.96. The molecule has 0 atom stereocenters. The summed E-state index contributed by atoms with van der Waals surface area (Å²) in [6.45, 7) is 0. The molecule has 0 radical (unpaired) electrons. The van der Waals surface area contributed by atoms with Crippen LogP contribution in [0.25, 0.3) is 10.4 Å². The minimum atomic E-state index is -0.0330. The number of hydrogen-bond donors (Lipinski definition) is 0. The molecule has 1 heterocycles. The van der Waals surface area contributed by atoms with Gasteiger partial charge in [0.2, 0.25) is 0 Å². The van der Waals surface area contributed by atoms with Crippen molar-refractivity contribution in [3.63, 3.8) is 0 Å². The van der Waals surface area contributed by atoms with E-state index in [1.807, 2.05) is 35.7 Å². The zero-order valence-corrected chi connectivity index (χ0v) is 9.52. The van der Waals surface area contributed by atoms with Crippen LogP contribution in [0, 0.1) is 0 Å². The van der Waals surface area contributed by atoms with Gasteiger partial charge < -0.3 is 0 Å².